The molecule has 0 amide bonds. The van der Waals surface area contributed by atoms with Crippen molar-refractivity contribution in [2.24, 2.45) is 5.92 Å². The van der Waals surface area contributed by atoms with E-state index in [4.69, 9.17) is 4.42 Å². The molecular weight excluding hydrogens is 234 g/mol. The number of nitro benzene ring substituents is 1. The molecule has 1 aliphatic rings. The highest BCUT2D eigenvalue weighted by Gasteiger charge is 2.36. The number of aromatic nitrogens is 1. The Kier molecular flexibility index (Phi) is 2.43. The number of hydrogen-bond donors (Lipinski definition) is 1. The van der Waals surface area contributed by atoms with E-state index in [1.165, 1.54) is 6.07 Å². The summed E-state index contributed by atoms with van der Waals surface area (Å²) in [5.41, 5.74) is 0.728. The van der Waals surface area contributed by atoms with Gasteiger partial charge in [0.15, 0.2) is 11.1 Å². The van der Waals surface area contributed by atoms with Crippen molar-refractivity contribution in [1.29, 1.82) is 0 Å². The SMILES string of the molecule is CCC1CC1Nc1nc2c([N+](=O)[O-])cccc2o1. The number of benzene rings is 1. The van der Waals surface area contributed by atoms with Crippen molar-refractivity contribution >= 4 is 22.8 Å². The number of non-ortho nitro benzene ring substituents is 1. The molecule has 1 saturated carbocycles. The minimum Gasteiger partial charge on any atom is -0.423 e. The van der Waals surface area contributed by atoms with Crippen LogP contribution in [0.25, 0.3) is 11.1 Å². The Morgan fingerprint density at radius 3 is 3.11 bits per heavy atom. The number of nitro groups is 1. The number of rotatable bonds is 4. The van der Waals surface area contributed by atoms with Crippen LogP contribution in [0.2, 0.25) is 0 Å². The quantitative estimate of drug-likeness (QED) is 0.663. The summed E-state index contributed by atoms with van der Waals surface area (Å²) in [7, 11) is 0. The van der Waals surface area contributed by atoms with Crippen molar-refractivity contribution in [1.82, 2.24) is 4.98 Å². The molecule has 6 heteroatoms. The molecule has 2 aromatic rings. The molecule has 0 aliphatic heterocycles. The second-order valence-corrected chi connectivity index (χ2v) is 4.55. The van der Waals surface area contributed by atoms with Gasteiger partial charge in [-0.25, -0.2) is 0 Å². The normalized spacial score (nSPS) is 22.1. The van der Waals surface area contributed by atoms with E-state index in [9.17, 15) is 10.1 Å². The molecule has 3 rings (SSSR count). The predicted octanol–water partition coefficient (Wildman–Crippen LogP) is 2.95. The number of anilines is 1. The topological polar surface area (TPSA) is 81.2 Å². The van der Waals surface area contributed by atoms with Gasteiger partial charge in [0, 0.05) is 12.1 Å². The highest BCUT2D eigenvalue weighted by atomic mass is 16.6. The molecule has 6 nitrogen and oxygen atoms in total. The summed E-state index contributed by atoms with van der Waals surface area (Å²) in [5.74, 6) is 0.662. The molecule has 1 aliphatic carbocycles. The fourth-order valence-electron chi connectivity index (χ4n) is 2.18. The third-order valence-corrected chi connectivity index (χ3v) is 3.35. The van der Waals surface area contributed by atoms with Gasteiger partial charge >= 0.3 is 0 Å². The predicted molar refractivity (Wildman–Crippen MR) is 66.5 cm³/mol. The number of fused-ring (bicyclic) bond motifs is 1. The molecule has 1 N–H and O–H groups in total. The van der Waals surface area contributed by atoms with Crippen molar-refractivity contribution in [2.75, 3.05) is 5.32 Å². The number of hydrogen-bond acceptors (Lipinski definition) is 5. The van der Waals surface area contributed by atoms with Crippen molar-refractivity contribution in [3.8, 4) is 0 Å². The van der Waals surface area contributed by atoms with Crippen LogP contribution in [-0.4, -0.2) is 15.9 Å². The van der Waals surface area contributed by atoms with Gasteiger partial charge in [0.2, 0.25) is 0 Å². The fraction of sp³-hybridized carbons (Fsp3) is 0.417. The maximum Gasteiger partial charge on any atom is 0.298 e. The van der Waals surface area contributed by atoms with Gasteiger partial charge < -0.3 is 9.73 Å². The maximum absolute atomic E-state index is 10.9. The van der Waals surface area contributed by atoms with Crippen LogP contribution in [0, 0.1) is 16.0 Å². The van der Waals surface area contributed by atoms with Crippen molar-refractivity contribution in [2.45, 2.75) is 25.8 Å². The van der Waals surface area contributed by atoms with Gasteiger partial charge in [-0.3, -0.25) is 10.1 Å². The first kappa shape index (κ1) is 11.0. The monoisotopic (exact) mass is 247 g/mol. The smallest absolute Gasteiger partial charge is 0.298 e. The van der Waals surface area contributed by atoms with Crippen molar-refractivity contribution in [3.05, 3.63) is 28.3 Å². The first-order valence-corrected chi connectivity index (χ1v) is 5.99. The molecule has 1 aromatic heterocycles. The Labute approximate surface area is 103 Å². The molecule has 0 radical (unpaired) electrons. The Balaban J connectivity index is 1.91. The van der Waals surface area contributed by atoms with E-state index in [1.807, 2.05) is 0 Å². The largest absolute Gasteiger partial charge is 0.423 e. The van der Waals surface area contributed by atoms with Gasteiger partial charge in [-0.2, -0.15) is 4.98 Å². The van der Waals surface area contributed by atoms with Crippen molar-refractivity contribution in [3.63, 3.8) is 0 Å². The Hall–Kier alpha value is -2.11. The number of nitrogens with zero attached hydrogens (tertiary/aromatic N) is 2. The summed E-state index contributed by atoms with van der Waals surface area (Å²) in [5, 5.41) is 14.0. The summed E-state index contributed by atoms with van der Waals surface area (Å²) >= 11 is 0. The van der Waals surface area contributed by atoms with E-state index in [1.54, 1.807) is 12.1 Å². The summed E-state index contributed by atoms with van der Waals surface area (Å²) < 4.78 is 5.48. The van der Waals surface area contributed by atoms with E-state index in [2.05, 4.69) is 17.2 Å². The lowest BCUT2D eigenvalue weighted by molar-refractivity contribution is -0.383. The second kappa shape index (κ2) is 3.97. The van der Waals surface area contributed by atoms with Crippen LogP contribution in [0.3, 0.4) is 0 Å². The third kappa shape index (κ3) is 1.79. The molecule has 94 valence electrons. The van der Waals surface area contributed by atoms with E-state index in [-0.39, 0.29) is 5.69 Å². The Morgan fingerprint density at radius 1 is 1.61 bits per heavy atom. The zero-order valence-electron chi connectivity index (χ0n) is 9.92. The Bertz CT molecular complexity index is 608. The lowest BCUT2D eigenvalue weighted by atomic mass is 10.3. The second-order valence-electron chi connectivity index (χ2n) is 4.55. The first-order chi connectivity index (χ1) is 8.69. The highest BCUT2D eigenvalue weighted by molar-refractivity contribution is 5.84. The zero-order chi connectivity index (χ0) is 12.7. The van der Waals surface area contributed by atoms with E-state index < -0.39 is 4.92 Å². The summed E-state index contributed by atoms with van der Waals surface area (Å²) in [6.45, 7) is 2.14. The van der Waals surface area contributed by atoms with Crippen LogP contribution in [0.15, 0.2) is 22.6 Å². The highest BCUT2D eigenvalue weighted by Crippen LogP contribution is 2.37. The lowest BCUT2D eigenvalue weighted by Crippen LogP contribution is -2.04. The van der Waals surface area contributed by atoms with Crippen LogP contribution >= 0.6 is 0 Å². The standard InChI is InChI=1S/C12H13N3O3/c1-2-7-6-8(7)13-12-14-11-9(15(16)17)4-3-5-10(11)18-12/h3-5,7-8H,2,6H2,1H3,(H,13,14). The molecule has 2 unspecified atom stereocenters. The van der Waals surface area contributed by atoms with Crippen LogP contribution in [0.5, 0.6) is 0 Å². The minimum absolute atomic E-state index is 0.0212. The number of nitrogens with one attached hydrogen (secondary N) is 1. The van der Waals surface area contributed by atoms with Crippen LogP contribution < -0.4 is 5.32 Å². The first-order valence-electron chi connectivity index (χ1n) is 5.99. The van der Waals surface area contributed by atoms with Crippen molar-refractivity contribution < 1.29 is 9.34 Å². The van der Waals surface area contributed by atoms with Gasteiger partial charge in [0.25, 0.3) is 11.7 Å². The van der Waals surface area contributed by atoms with E-state index in [0.717, 1.165) is 12.8 Å². The minimum atomic E-state index is -0.444. The molecule has 18 heavy (non-hydrogen) atoms. The van der Waals surface area contributed by atoms with Gasteiger partial charge in [0.05, 0.1) is 4.92 Å². The van der Waals surface area contributed by atoms with Crippen LogP contribution in [-0.2, 0) is 0 Å². The van der Waals surface area contributed by atoms with Gasteiger partial charge in [-0.15, -0.1) is 0 Å². The van der Waals surface area contributed by atoms with E-state index >= 15 is 0 Å². The van der Waals surface area contributed by atoms with E-state index in [0.29, 0.717) is 29.1 Å². The van der Waals surface area contributed by atoms with Gasteiger partial charge in [0.1, 0.15) is 0 Å². The molecule has 1 heterocycles. The van der Waals surface area contributed by atoms with Crippen LogP contribution in [0.1, 0.15) is 19.8 Å². The molecule has 0 saturated heterocycles. The van der Waals surface area contributed by atoms with Gasteiger partial charge in [-0.1, -0.05) is 19.4 Å². The molecule has 0 spiro atoms. The number of para-hydroxylation sites is 1. The zero-order valence-corrected chi connectivity index (χ0v) is 9.92. The summed E-state index contributed by atoms with van der Waals surface area (Å²) in [6.07, 6.45) is 2.23. The summed E-state index contributed by atoms with van der Waals surface area (Å²) in [4.78, 5) is 14.6. The molecule has 1 fully saturated rings. The average molecular weight is 247 g/mol. The third-order valence-electron chi connectivity index (χ3n) is 3.35. The average Bonchev–Trinajstić information content (AvgIpc) is 2.96. The number of oxazole rings is 1. The molecule has 0 bridgehead atoms. The fourth-order valence-corrected chi connectivity index (χ4v) is 2.18. The Morgan fingerprint density at radius 2 is 2.44 bits per heavy atom. The van der Waals surface area contributed by atoms with Crippen LogP contribution in [0.4, 0.5) is 11.7 Å². The molecular formula is C12H13N3O3. The van der Waals surface area contributed by atoms with Gasteiger partial charge in [-0.05, 0) is 18.4 Å². The molecule has 1 aromatic carbocycles. The lowest BCUT2D eigenvalue weighted by Gasteiger charge is -1.97. The molecule has 2 atom stereocenters. The summed E-state index contributed by atoms with van der Waals surface area (Å²) in [6, 6.07) is 5.48. The maximum atomic E-state index is 10.9.